The van der Waals surface area contributed by atoms with Gasteiger partial charge in [-0.3, -0.25) is 4.79 Å². The fourth-order valence-corrected chi connectivity index (χ4v) is 4.15. The Morgan fingerprint density at radius 2 is 1.57 bits per heavy atom. The van der Waals surface area contributed by atoms with Crippen molar-refractivity contribution in [2.45, 2.75) is 24.4 Å². The summed E-state index contributed by atoms with van der Waals surface area (Å²) < 4.78 is 13.1. The highest BCUT2D eigenvalue weighted by Crippen LogP contribution is 2.41. The van der Waals surface area contributed by atoms with Gasteiger partial charge < -0.3 is 10.0 Å². The van der Waals surface area contributed by atoms with Crippen molar-refractivity contribution >= 4 is 5.91 Å². The zero-order valence-corrected chi connectivity index (χ0v) is 16.3. The molecule has 0 unspecified atom stereocenters. The summed E-state index contributed by atoms with van der Waals surface area (Å²) in [5.74, 6) is -0.694. The largest absolute Gasteiger partial charge is 0.394 e. The Labute approximate surface area is 174 Å². The van der Waals surface area contributed by atoms with E-state index < -0.39 is 12.1 Å². The third-order valence-electron chi connectivity index (χ3n) is 5.69. The van der Waals surface area contributed by atoms with E-state index in [1.165, 1.54) is 17.0 Å². The van der Waals surface area contributed by atoms with Gasteiger partial charge in [-0.15, -0.1) is 0 Å². The molecule has 3 aromatic rings. The lowest BCUT2D eigenvalue weighted by Crippen LogP contribution is -2.65. The van der Waals surface area contributed by atoms with Crippen LogP contribution in [0.1, 0.15) is 17.0 Å². The van der Waals surface area contributed by atoms with Crippen LogP contribution in [0.4, 0.5) is 4.39 Å². The number of amides is 1. The molecular formula is C25H21FN2O2. The molecule has 4 nitrogen and oxygen atoms in total. The summed E-state index contributed by atoms with van der Waals surface area (Å²) in [6, 6.07) is 24.5. The molecule has 1 N–H and O–H groups in total. The number of nitriles is 1. The maximum atomic E-state index is 13.1. The van der Waals surface area contributed by atoms with Crippen LogP contribution in [-0.4, -0.2) is 34.6 Å². The van der Waals surface area contributed by atoms with Gasteiger partial charge in [0.1, 0.15) is 11.9 Å². The van der Waals surface area contributed by atoms with E-state index in [1.807, 2.05) is 54.6 Å². The van der Waals surface area contributed by atoms with Gasteiger partial charge in [-0.1, -0.05) is 66.7 Å². The predicted octanol–water partition coefficient (Wildman–Crippen LogP) is 3.91. The van der Waals surface area contributed by atoms with Crippen molar-refractivity contribution < 1.29 is 14.3 Å². The van der Waals surface area contributed by atoms with Gasteiger partial charge >= 0.3 is 0 Å². The van der Waals surface area contributed by atoms with Gasteiger partial charge in [0.2, 0.25) is 5.91 Å². The number of halogens is 1. The standard InChI is InChI=1S/C25H21FN2O2/c26-21-12-10-19(11-13-21)18-6-8-20(9-7-18)25-22(15-27)28(23(25)16-29)24(30)14-17-4-2-1-3-5-17/h1-13,22-23,25,29H,14,16H2/t22-,23+,25+/m1/s1. The zero-order chi connectivity index (χ0) is 21.1. The second-order valence-electron chi connectivity index (χ2n) is 7.44. The molecule has 4 rings (SSSR count). The first-order chi connectivity index (χ1) is 14.6. The number of nitrogens with zero attached hydrogens (tertiary/aromatic N) is 2. The van der Waals surface area contributed by atoms with Gasteiger partial charge in [0.25, 0.3) is 0 Å². The second-order valence-corrected chi connectivity index (χ2v) is 7.44. The van der Waals surface area contributed by atoms with Gasteiger partial charge in [-0.25, -0.2) is 4.39 Å². The maximum Gasteiger partial charge on any atom is 0.228 e. The Balaban J connectivity index is 1.53. The molecule has 1 fully saturated rings. The number of likely N-dealkylation sites (tertiary alicyclic amines) is 1. The lowest BCUT2D eigenvalue weighted by Gasteiger charge is -2.51. The summed E-state index contributed by atoms with van der Waals surface area (Å²) >= 11 is 0. The molecule has 1 aliphatic heterocycles. The van der Waals surface area contributed by atoms with Crippen LogP contribution in [0.2, 0.25) is 0 Å². The predicted molar refractivity (Wildman–Crippen MR) is 112 cm³/mol. The van der Waals surface area contributed by atoms with Crippen molar-refractivity contribution in [2.75, 3.05) is 6.61 Å². The van der Waals surface area contributed by atoms with E-state index in [9.17, 15) is 19.6 Å². The van der Waals surface area contributed by atoms with Crippen LogP contribution >= 0.6 is 0 Å². The molecular weight excluding hydrogens is 379 g/mol. The van der Waals surface area contributed by atoms with Crippen molar-refractivity contribution in [3.63, 3.8) is 0 Å². The minimum Gasteiger partial charge on any atom is -0.394 e. The Morgan fingerprint density at radius 1 is 0.967 bits per heavy atom. The Kier molecular flexibility index (Phi) is 5.60. The van der Waals surface area contributed by atoms with E-state index >= 15 is 0 Å². The van der Waals surface area contributed by atoms with Crippen molar-refractivity contribution in [1.29, 1.82) is 5.26 Å². The third-order valence-corrected chi connectivity index (χ3v) is 5.69. The molecule has 0 bridgehead atoms. The Morgan fingerprint density at radius 3 is 2.13 bits per heavy atom. The monoisotopic (exact) mass is 400 g/mol. The molecule has 3 atom stereocenters. The lowest BCUT2D eigenvalue weighted by molar-refractivity contribution is -0.146. The molecule has 1 heterocycles. The zero-order valence-electron chi connectivity index (χ0n) is 16.3. The van der Waals surface area contributed by atoms with E-state index in [0.29, 0.717) is 0 Å². The van der Waals surface area contributed by atoms with Crippen LogP contribution in [0.5, 0.6) is 0 Å². The highest BCUT2D eigenvalue weighted by atomic mass is 19.1. The van der Waals surface area contributed by atoms with Crippen LogP contribution in [0.25, 0.3) is 11.1 Å². The number of aliphatic hydroxyl groups excluding tert-OH is 1. The first-order valence-corrected chi connectivity index (χ1v) is 9.84. The van der Waals surface area contributed by atoms with Gasteiger partial charge in [-0.2, -0.15) is 5.26 Å². The van der Waals surface area contributed by atoms with Crippen molar-refractivity contribution in [2.24, 2.45) is 0 Å². The van der Waals surface area contributed by atoms with Crippen LogP contribution in [0.15, 0.2) is 78.9 Å². The van der Waals surface area contributed by atoms with Gasteiger partial charge in [0, 0.05) is 5.92 Å². The smallest absolute Gasteiger partial charge is 0.228 e. The highest BCUT2D eigenvalue weighted by Gasteiger charge is 2.51. The fourth-order valence-electron chi connectivity index (χ4n) is 4.15. The van der Waals surface area contributed by atoms with E-state index in [1.54, 1.807) is 12.1 Å². The summed E-state index contributed by atoms with van der Waals surface area (Å²) in [6.45, 7) is -0.205. The molecule has 30 heavy (non-hydrogen) atoms. The molecule has 0 saturated carbocycles. The average Bonchev–Trinajstić information content (AvgIpc) is 2.75. The van der Waals surface area contributed by atoms with Crippen LogP contribution in [-0.2, 0) is 11.2 Å². The van der Waals surface area contributed by atoms with Crippen LogP contribution in [0, 0.1) is 17.1 Å². The normalized spacial score (nSPS) is 20.3. The van der Waals surface area contributed by atoms with Crippen molar-refractivity contribution in [3.8, 4) is 17.2 Å². The summed E-state index contributed by atoms with van der Waals surface area (Å²) in [7, 11) is 0. The minimum absolute atomic E-state index is 0.161. The number of hydrogen-bond donors (Lipinski definition) is 1. The molecule has 1 saturated heterocycles. The molecule has 1 amide bonds. The number of aliphatic hydroxyl groups is 1. The van der Waals surface area contributed by atoms with Crippen LogP contribution < -0.4 is 0 Å². The van der Waals surface area contributed by atoms with E-state index in [-0.39, 0.29) is 30.7 Å². The summed E-state index contributed by atoms with van der Waals surface area (Å²) in [4.78, 5) is 14.3. The van der Waals surface area contributed by atoms with Gasteiger partial charge in [0.05, 0.1) is 25.1 Å². The summed E-state index contributed by atoms with van der Waals surface area (Å²) in [5, 5.41) is 19.7. The maximum absolute atomic E-state index is 13.1. The number of hydrogen-bond acceptors (Lipinski definition) is 3. The topological polar surface area (TPSA) is 64.3 Å². The highest BCUT2D eigenvalue weighted by molar-refractivity contribution is 5.81. The first-order valence-electron chi connectivity index (χ1n) is 9.84. The Hall–Kier alpha value is -3.49. The van der Waals surface area contributed by atoms with Crippen LogP contribution in [0.3, 0.4) is 0 Å². The number of benzene rings is 3. The van der Waals surface area contributed by atoms with Gasteiger partial charge in [-0.05, 0) is 34.4 Å². The molecule has 5 heteroatoms. The summed E-state index contributed by atoms with van der Waals surface area (Å²) in [5.41, 5.74) is 3.61. The van der Waals surface area contributed by atoms with E-state index in [2.05, 4.69) is 6.07 Å². The molecule has 0 spiro atoms. The number of carbonyl (C=O) groups is 1. The molecule has 150 valence electrons. The average molecular weight is 400 g/mol. The van der Waals surface area contributed by atoms with Crippen molar-refractivity contribution in [3.05, 3.63) is 95.8 Å². The molecule has 1 aliphatic rings. The molecule has 0 radical (unpaired) electrons. The first kappa shape index (κ1) is 19.8. The minimum atomic E-state index is -0.616. The molecule has 3 aromatic carbocycles. The number of rotatable bonds is 5. The SMILES string of the molecule is N#C[C@@H]1[C@H](c2ccc(-c3ccc(F)cc3)cc2)[C@H](CO)N1C(=O)Cc1ccccc1. The quantitative estimate of drug-likeness (QED) is 0.706. The second kappa shape index (κ2) is 8.48. The summed E-state index contributed by atoms with van der Waals surface area (Å²) in [6.07, 6.45) is 0.200. The van der Waals surface area contributed by atoms with Crippen molar-refractivity contribution in [1.82, 2.24) is 4.90 Å². The lowest BCUT2D eigenvalue weighted by atomic mass is 9.75. The Bertz CT molecular complexity index is 1060. The fraction of sp³-hybridized carbons (Fsp3) is 0.200. The van der Waals surface area contributed by atoms with Gasteiger partial charge in [0.15, 0.2) is 0 Å². The van der Waals surface area contributed by atoms with E-state index in [4.69, 9.17) is 0 Å². The molecule has 0 aromatic heterocycles. The number of carbonyl (C=O) groups excluding carboxylic acids is 1. The third kappa shape index (κ3) is 3.70. The molecule has 0 aliphatic carbocycles. The van der Waals surface area contributed by atoms with E-state index in [0.717, 1.165) is 22.3 Å².